The third-order valence-corrected chi connectivity index (χ3v) is 3.16. The summed E-state index contributed by atoms with van der Waals surface area (Å²) >= 11 is 5.95. The van der Waals surface area contributed by atoms with Crippen LogP contribution in [0.15, 0.2) is 30.5 Å². The summed E-state index contributed by atoms with van der Waals surface area (Å²) in [5, 5.41) is 0.787. The summed E-state index contributed by atoms with van der Waals surface area (Å²) in [6.07, 6.45) is 3.81. The van der Waals surface area contributed by atoms with Gasteiger partial charge in [0.2, 0.25) is 0 Å². The lowest BCUT2D eigenvalue weighted by Gasteiger charge is -2.05. The van der Waals surface area contributed by atoms with Crippen molar-refractivity contribution in [3.05, 3.63) is 52.6 Å². The van der Waals surface area contributed by atoms with Crippen LogP contribution in [0.3, 0.4) is 0 Å². The zero-order valence-corrected chi connectivity index (χ0v) is 10.6. The summed E-state index contributed by atoms with van der Waals surface area (Å²) in [4.78, 5) is 4.28. The fraction of sp³-hybridized carbons (Fsp3) is 0.308. The van der Waals surface area contributed by atoms with Crippen LogP contribution in [0, 0.1) is 0 Å². The number of hydrogen-bond donors (Lipinski definition) is 1. The number of halogens is 1. The van der Waals surface area contributed by atoms with Gasteiger partial charge in [0.1, 0.15) is 5.82 Å². The van der Waals surface area contributed by atoms with Crippen LogP contribution in [-0.4, -0.2) is 9.55 Å². The summed E-state index contributed by atoms with van der Waals surface area (Å²) in [7, 11) is 2.00. The van der Waals surface area contributed by atoms with Gasteiger partial charge < -0.3 is 10.3 Å². The second-order valence-corrected chi connectivity index (χ2v) is 4.50. The van der Waals surface area contributed by atoms with E-state index in [0.717, 1.165) is 23.7 Å². The molecule has 0 radical (unpaired) electrons. The second-order valence-electron chi connectivity index (χ2n) is 4.06. The molecule has 0 aliphatic carbocycles. The first-order valence-corrected chi connectivity index (χ1v) is 6.02. The van der Waals surface area contributed by atoms with Crippen molar-refractivity contribution in [3.63, 3.8) is 0 Å². The van der Waals surface area contributed by atoms with Crippen molar-refractivity contribution in [3.8, 4) is 0 Å². The maximum atomic E-state index is 5.95. The Morgan fingerprint density at radius 1 is 1.35 bits per heavy atom. The molecular formula is C13H16ClN3. The van der Waals surface area contributed by atoms with Gasteiger partial charge in [-0.1, -0.05) is 23.7 Å². The first-order valence-electron chi connectivity index (χ1n) is 5.64. The summed E-state index contributed by atoms with van der Waals surface area (Å²) < 4.78 is 2.06. The zero-order valence-electron chi connectivity index (χ0n) is 9.86. The molecule has 0 atom stereocenters. The molecule has 0 amide bonds. The van der Waals surface area contributed by atoms with Gasteiger partial charge in [-0.15, -0.1) is 0 Å². The molecule has 1 heterocycles. The van der Waals surface area contributed by atoms with E-state index in [1.807, 2.05) is 31.4 Å². The van der Waals surface area contributed by atoms with Crippen LogP contribution in [0.5, 0.6) is 0 Å². The number of nitrogens with two attached hydrogens (primary N) is 1. The lowest BCUT2D eigenvalue weighted by atomic mass is 10.1. The smallest absolute Gasteiger partial charge is 0.122 e. The molecule has 1 aromatic carbocycles. The predicted molar refractivity (Wildman–Crippen MR) is 70.0 cm³/mol. The van der Waals surface area contributed by atoms with Crippen molar-refractivity contribution in [1.82, 2.24) is 9.55 Å². The van der Waals surface area contributed by atoms with Crippen molar-refractivity contribution in [2.45, 2.75) is 19.4 Å². The summed E-state index contributed by atoms with van der Waals surface area (Å²) in [6.45, 7) is 0.480. The Morgan fingerprint density at radius 3 is 2.82 bits per heavy atom. The van der Waals surface area contributed by atoms with Crippen molar-refractivity contribution in [1.29, 1.82) is 0 Å². The summed E-state index contributed by atoms with van der Waals surface area (Å²) in [5.74, 6) is 0.922. The third kappa shape index (κ3) is 2.87. The first-order chi connectivity index (χ1) is 8.20. The topological polar surface area (TPSA) is 43.8 Å². The standard InChI is InChI=1S/C13H16ClN3/c1-17-12(9-16-13(17)8-15)6-5-10-3-2-4-11(14)7-10/h2-4,7,9H,5-6,8,15H2,1H3. The molecule has 0 unspecified atom stereocenters. The van der Waals surface area contributed by atoms with Crippen molar-refractivity contribution >= 4 is 11.6 Å². The van der Waals surface area contributed by atoms with Crippen LogP contribution < -0.4 is 5.73 Å². The predicted octanol–water partition coefficient (Wildman–Crippen LogP) is 2.32. The molecule has 0 aliphatic rings. The first kappa shape index (κ1) is 12.1. The number of imidazole rings is 1. The zero-order chi connectivity index (χ0) is 12.3. The van der Waals surface area contributed by atoms with E-state index >= 15 is 0 Å². The fourth-order valence-corrected chi connectivity index (χ4v) is 2.09. The SMILES string of the molecule is Cn1c(CCc2cccc(Cl)c2)cnc1CN. The molecule has 0 saturated carbocycles. The van der Waals surface area contributed by atoms with Gasteiger partial charge in [-0.3, -0.25) is 0 Å². The molecule has 0 saturated heterocycles. The average molecular weight is 250 g/mol. The molecular weight excluding hydrogens is 234 g/mol. The Kier molecular flexibility index (Phi) is 3.82. The largest absolute Gasteiger partial charge is 0.334 e. The fourth-order valence-electron chi connectivity index (χ4n) is 1.87. The van der Waals surface area contributed by atoms with Gasteiger partial charge in [0.25, 0.3) is 0 Å². The highest BCUT2D eigenvalue weighted by molar-refractivity contribution is 6.30. The lowest BCUT2D eigenvalue weighted by Crippen LogP contribution is -2.07. The van der Waals surface area contributed by atoms with Crippen LogP contribution >= 0.6 is 11.6 Å². The number of benzene rings is 1. The summed E-state index contributed by atoms with van der Waals surface area (Å²) in [6, 6.07) is 7.96. The van der Waals surface area contributed by atoms with E-state index in [-0.39, 0.29) is 0 Å². The van der Waals surface area contributed by atoms with Gasteiger partial charge in [0.05, 0.1) is 6.54 Å². The second kappa shape index (κ2) is 5.34. The quantitative estimate of drug-likeness (QED) is 0.904. The molecule has 2 aromatic rings. The Morgan fingerprint density at radius 2 is 2.18 bits per heavy atom. The van der Waals surface area contributed by atoms with Crippen LogP contribution in [0.1, 0.15) is 17.1 Å². The average Bonchev–Trinajstić information content (AvgIpc) is 2.67. The highest BCUT2D eigenvalue weighted by Gasteiger charge is 2.05. The van der Waals surface area contributed by atoms with Crippen LogP contribution in [0.25, 0.3) is 0 Å². The molecule has 90 valence electrons. The Bertz CT molecular complexity index is 505. The number of aromatic nitrogens is 2. The van der Waals surface area contributed by atoms with E-state index in [4.69, 9.17) is 17.3 Å². The van der Waals surface area contributed by atoms with Crippen LogP contribution in [0.4, 0.5) is 0 Å². The lowest BCUT2D eigenvalue weighted by molar-refractivity contribution is 0.739. The minimum atomic E-state index is 0.480. The highest BCUT2D eigenvalue weighted by Crippen LogP contribution is 2.13. The van der Waals surface area contributed by atoms with Gasteiger partial charge in [-0.05, 0) is 30.5 Å². The molecule has 2 rings (SSSR count). The van der Waals surface area contributed by atoms with Crippen LogP contribution in [-0.2, 0) is 26.4 Å². The number of nitrogens with zero attached hydrogens (tertiary/aromatic N) is 2. The molecule has 0 fully saturated rings. The van der Waals surface area contributed by atoms with E-state index in [2.05, 4.69) is 15.6 Å². The van der Waals surface area contributed by atoms with E-state index in [1.54, 1.807) is 0 Å². The highest BCUT2D eigenvalue weighted by atomic mass is 35.5. The molecule has 3 nitrogen and oxygen atoms in total. The van der Waals surface area contributed by atoms with Crippen molar-refractivity contribution in [2.24, 2.45) is 12.8 Å². The minimum Gasteiger partial charge on any atom is -0.334 e. The van der Waals surface area contributed by atoms with Crippen LogP contribution in [0.2, 0.25) is 5.02 Å². The van der Waals surface area contributed by atoms with Gasteiger partial charge in [-0.25, -0.2) is 4.98 Å². The van der Waals surface area contributed by atoms with Crippen molar-refractivity contribution in [2.75, 3.05) is 0 Å². The molecule has 17 heavy (non-hydrogen) atoms. The summed E-state index contributed by atoms with van der Waals surface area (Å²) in [5.41, 5.74) is 8.03. The molecule has 2 N–H and O–H groups in total. The molecule has 1 aromatic heterocycles. The molecule has 0 spiro atoms. The van der Waals surface area contributed by atoms with E-state index in [1.165, 1.54) is 11.3 Å². The normalized spacial score (nSPS) is 10.8. The van der Waals surface area contributed by atoms with E-state index in [0.29, 0.717) is 6.54 Å². The van der Waals surface area contributed by atoms with E-state index < -0.39 is 0 Å². The van der Waals surface area contributed by atoms with Gasteiger partial charge >= 0.3 is 0 Å². The third-order valence-electron chi connectivity index (χ3n) is 2.92. The monoisotopic (exact) mass is 249 g/mol. The molecule has 0 aliphatic heterocycles. The van der Waals surface area contributed by atoms with Gasteiger partial charge in [0, 0.05) is 24.0 Å². The molecule has 4 heteroatoms. The maximum Gasteiger partial charge on any atom is 0.122 e. The minimum absolute atomic E-state index is 0.480. The van der Waals surface area contributed by atoms with Crippen molar-refractivity contribution < 1.29 is 0 Å². The number of rotatable bonds is 4. The number of aryl methyl sites for hydroxylation is 2. The maximum absolute atomic E-state index is 5.95. The van der Waals surface area contributed by atoms with E-state index in [9.17, 15) is 0 Å². The van der Waals surface area contributed by atoms with Gasteiger partial charge in [-0.2, -0.15) is 0 Å². The Labute approximate surface area is 106 Å². The molecule has 0 bridgehead atoms. The Hall–Kier alpha value is -1.32. The number of hydrogen-bond acceptors (Lipinski definition) is 2. The Balaban J connectivity index is 2.05. The van der Waals surface area contributed by atoms with Gasteiger partial charge in [0.15, 0.2) is 0 Å².